The molecule has 0 amide bonds. The van der Waals surface area contributed by atoms with Crippen LogP contribution in [0.25, 0.3) is 23.3 Å². The third-order valence-electron chi connectivity index (χ3n) is 5.60. The molecule has 1 saturated carbocycles. The Morgan fingerprint density at radius 2 is 1.88 bits per heavy atom. The number of nitrogens with one attached hydrogen (secondary N) is 2. The molecule has 1 aromatic heterocycles. The van der Waals surface area contributed by atoms with Crippen LogP contribution in [-0.4, -0.2) is 26.8 Å². The summed E-state index contributed by atoms with van der Waals surface area (Å²) in [7, 11) is -1.77. The average molecular weight is 462 g/mol. The summed E-state index contributed by atoms with van der Waals surface area (Å²) in [5.74, 6) is 0.608. The summed E-state index contributed by atoms with van der Waals surface area (Å²) in [5.41, 5.74) is 3.26. The van der Waals surface area contributed by atoms with Gasteiger partial charge in [-0.25, -0.2) is 8.42 Å². The molecule has 0 unspecified atom stereocenters. The molecule has 0 atom stereocenters. The first kappa shape index (κ1) is 22.4. The second kappa shape index (κ2) is 8.60. The van der Waals surface area contributed by atoms with Gasteiger partial charge in [-0.05, 0) is 60.4 Å². The zero-order chi connectivity index (χ0) is 23.6. The van der Waals surface area contributed by atoms with E-state index in [0.717, 1.165) is 35.8 Å². The summed E-state index contributed by atoms with van der Waals surface area (Å²) in [6.07, 6.45) is 7.91. The number of aromatic nitrogens is 1. The molecular formula is C25H23N3O4S. The van der Waals surface area contributed by atoms with Gasteiger partial charge in [0.2, 0.25) is 10.0 Å². The van der Waals surface area contributed by atoms with Gasteiger partial charge in [0.15, 0.2) is 0 Å². The number of methoxy groups -OCH3 is 1. The molecule has 8 heteroatoms. The van der Waals surface area contributed by atoms with Crippen LogP contribution in [-0.2, 0) is 15.4 Å². The highest BCUT2D eigenvalue weighted by atomic mass is 32.2. The molecule has 2 aromatic carbocycles. The zero-order valence-corrected chi connectivity index (χ0v) is 19.1. The molecule has 0 bridgehead atoms. The van der Waals surface area contributed by atoms with Crippen molar-refractivity contribution in [3.63, 3.8) is 0 Å². The SMILES string of the molecule is COc1c(C=Cc2ccc(NS(C)(=O)=O)cc2)cc(-c2ccc[nH]c2=O)cc1C1(C#N)CC1. The van der Waals surface area contributed by atoms with Crippen molar-refractivity contribution in [1.82, 2.24) is 4.98 Å². The van der Waals surface area contributed by atoms with E-state index >= 15 is 0 Å². The van der Waals surface area contributed by atoms with E-state index in [-0.39, 0.29) is 5.56 Å². The van der Waals surface area contributed by atoms with Gasteiger partial charge < -0.3 is 9.72 Å². The Hall–Kier alpha value is -3.83. The lowest BCUT2D eigenvalue weighted by Crippen LogP contribution is -2.10. The average Bonchev–Trinajstić information content (AvgIpc) is 3.58. The van der Waals surface area contributed by atoms with Crippen molar-refractivity contribution in [2.45, 2.75) is 18.3 Å². The molecule has 0 saturated heterocycles. The van der Waals surface area contributed by atoms with Gasteiger partial charge in [0.25, 0.3) is 5.56 Å². The van der Waals surface area contributed by atoms with E-state index < -0.39 is 15.4 Å². The van der Waals surface area contributed by atoms with Gasteiger partial charge in [-0.2, -0.15) is 5.26 Å². The topological polar surface area (TPSA) is 112 Å². The number of anilines is 1. The monoisotopic (exact) mass is 461 g/mol. The number of nitriles is 1. The van der Waals surface area contributed by atoms with Crippen LogP contribution < -0.4 is 15.0 Å². The number of H-pyrrole nitrogens is 1. The van der Waals surface area contributed by atoms with Crippen LogP contribution >= 0.6 is 0 Å². The molecular weight excluding hydrogens is 438 g/mol. The molecule has 7 nitrogen and oxygen atoms in total. The fourth-order valence-corrected chi connectivity index (χ4v) is 4.36. The van der Waals surface area contributed by atoms with Gasteiger partial charge in [-0.15, -0.1) is 0 Å². The van der Waals surface area contributed by atoms with E-state index in [2.05, 4.69) is 15.8 Å². The lowest BCUT2D eigenvalue weighted by atomic mass is 9.90. The molecule has 1 aliphatic rings. The number of hydrogen-bond donors (Lipinski definition) is 2. The minimum absolute atomic E-state index is 0.209. The Bertz CT molecular complexity index is 1430. The summed E-state index contributed by atoms with van der Waals surface area (Å²) in [5, 5.41) is 9.81. The standard InChI is InChI=1S/C25H23N3O4S/c1-32-23-18(8-5-17-6-9-20(10-7-17)28-33(2,30)31)14-19(21-4-3-13-27-24(21)29)15-22(23)25(16-26)11-12-25/h3-10,13-15,28H,11-12H2,1-2H3,(H,27,29). The van der Waals surface area contributed by atoms with Crippen LogP contribution in [0, 0.1) is 11.3 Å². The number of nitrogens with zero attached hydrogens (tertiary/aromatic N) is 1. The molecule has 33 heavy (non-hydrogen) atoms. The van der Waals surface area contributed by atoms with Crippen LogP contribution in [0.2, 0.25) is 0 Å². The van der Waals surface area contributed by atoms with E-state index in [9.17, 15) is 18.5 Å². The first-order valence-corrected chi connectivity index (χ1v) is 12.2. The van der Waals surface area contributed by atoms with Crippen molar-refractivity contribution >= 4 is 27.9 Å². The molecule has 1 fully saturated rings. The van der Waals surface area contributed by atoms with Crippen molar-refractivity contribution in [2.75, 3.05) is 18.1 Å². The van der Waals surface area contributed by atoms with Crippen LogP contribution in [0.4, 0.5) is 5.69 Å². The largest absolute Gasteiger partial charge is 0.496 e. The van der Waals surface area contributed by atoms with Gasteiger partial charge in [0, 0.05) is 28.6 Å². The smallest absolute Gasteiger partial charge is 0.255 e. The molecule has 1 aliphatic carbocycles. The fourth-order valence-electron chi connectivity index (χ4n) is 3.79. The highest BCUT2D eigenvalue weighted by molar-refractivity contribution is 7.92. The minimum Gasteiger partial charge on any atom is -0.496 e. The highest BCUT2D eigenvalue weighted by Gasteiger charge is 2.47. The Balaban J connectivity index is 1.78. The van der Waals surface area contributed by atoms with Crippen molar-refractivity contribution in [1.29, 1.82) is 5.26 Å². The maximum absolute atomic E-state index is 12.4. The lowest BCUT2D eigenvalue weighted by molar-refractivity contribution is 0.406. The Kier molecular flexibility index (Phi) is 5.83. The third-order valence-corrected chi connectivity index (χ3v) is 6.21. The molecule has 2 N–H and O–H groups in total. The predicted molar refractivity (Wildman–Crippen MR) is 129 cm³/mol. The normalized spacial score (nSPS) is 14.6. The maximum Gasteiger partial charge on any atom is 0.255 e. The number of ether oxygens (including phenoxy) is 1. The quantitative estimate of drug-likeness (QED) is 0.514. The summed E-state index contributed by atoms with van der Waals surface area (Å²) < 4.78 is 30.9. The predicted octanol–water partition coefficient (Wildman–Crippen LogP) is 4.15. The molecule has 3 aromatic rings. The molecule has 1 heterocycles. The van der Waals surface area contributed by atoms with E-state index in [0.29, 0.717) is 22.6 Å². The zero-order valence-electron chi connectivity index (χ0n) is 18.3. The summed E-state index contributed by atoms with van der Waals surface area (Å²) in [6.45, 7) is 0. The van der Waals surface area contributed by atoms with E-state index in [1.54, 1.807) is 49.7 Å². The van der Waals surface area contributed by atoms with Crippen LogP contribution in [0.15, 0.2) is 59.5 Å². The summed E-state index contributed by atoms with van der Waals surface area (Å²) >= 11 is 0. The van der Waals surface area contributed by atoms with Crippen LogP contribution in [0.1, 0.15) is 29.5 Å². The number of sulfonamides is 1. The molecule has 0 aliphatic heterocycles. The van der Waals surface area contributed by atoms with Gasteiger partial charge in [-0.3, -0.25) is 9.52 Å². The minimum atomic E-state index is -3.34. The maximum atomic E-state index is 12.4. The van der Waals surface area contributed by atoms with Crippen molar-refractivity contribution in [2.24, 2.45) is 0 Å². The first-order valence-electron chi connectivity index (χ1n) is 10.3. The molecule has 168 valence electrons. The number of hydrogen-bond acceptors (Lipinski definition) is 5. The molecule has 0 spiro atoms. The first-order chi connectivity index (χ1) is 15.7. The van der Waals surface area contributed by atoms with E-state index in [1.807, 2.05) is 24.3 Å². The van der Waals surface area contributed by atoms with Crippen molar-refractivity contribution in [3.8, 4) is 22.9 Å². The third kappa shape index (κ3) is 4.83. The number of pyridine rings is 1. The van der Waals surface area contributed by atoms with Gasteiger partial charge in [0.1, 0.15) is 5.75 Å². The number of rotatable bonds is 7. The number of aromatic amines is 1. The van der Waals surface area contributed by atoms with E-state index in [1.165, 1.54) is 0 Å². The van der Waals surface area contributed by atoms with Gasteiger partial charge in [-0.1, -0.05) is 24.3 Å². The Labute approximate surface area is 192 Å². The molecule has 4 rings (SSSR count). The lowest BCUT2D eigenvalue weighted by Gasteiger charge is -2.17. The highest BCUT2D eigenvalue weighted by Crippen LogP contribution is 2.52. The van der Waals surface area contributed by atoms with Gasteiger partial charge >= 0.3 is 0 Å². The number of benzene rings is 2. The summed E-state index contributed by atoms with van der Waals surface area (Å²) in [6, 6.07) is 16.6. The van der Waals surface area contributed by atoms with Crippen LogP contribution in [0.3, 0.4) is 0 Å². The van der Waals surface area contributed by atoms with Crippen molar-refractivity contribution in [3.05, 3.63) is 81.8 Å². The van der Waals surface area contributed by atoms with Gasteiger partial charge in [0.05, 0.1) is 24.8 Å². The molecule has 0 radical (unpaired) electrons. The Morgan fingerprint density at radius 3 is 2.45 bits per heavy atom. The second-order valence-corrected chi connectivity index (χ2v) is 9.83. The summed E-state index contributed by atoms with van der Waals surface area (Å²) in [4.78, 5) is 15.1. The van der Waals surface area contributed by atoms with Crippen LogP contribution in [0.5, 0.6) is 5.75 Å². The Morgan fingerprint density at radius 1 is 1.15 bits per heavy atom. The van der Waals surface area contributed by atoms with E-state index in [4.69, 9.17) is 4.74 Å². The van der Waals surface area contributed by atoms with Crippen molar-refractivity contribution < 1.29 is 13.2 Å². The second-order valence-electron chi connectivity index (χ2n) is 8.08. The fraction of sp³-hybridized carbons (Fsp3) is 0.200.